The topological polar surface area (TPSA) is 80.4 Å². The molecular weight excluding hydrogens is 201 g/mol. The zero-order valence-corrected chi connectivity index (χ0v) is 7.81. The number of nitrogens with two attached hydrogens (primary N) is 1. The lowest BCUT2D eigenvalue weighted by Gasteiger charge is -2.05. The average molecular weight is 211 g/mol. The molecule has 1 rings (SSSR count). The first-order chi connectivity index (χ1) is 7.00. The van der Waals surface area contributed by atoms with Crippen molar-refractivity contribution in [2.75, 3.05) is 0 Å². The van der Waals surface area contributed by atoms with Crippen LogP contribution in [0.2, 0.25) is 0 Å². The minimum Gasteiger partial charge on any atom is -0.480 e. The van der Waals surface area contributed by atoms with Crippen LogP contribution in [-0.4, -0.2) is 22.9 Å². The highest BCUT2D eigenvalue weighted by atomic mass is 19.1. The van der Waals surface area contributed by atoms with E-state index in [0.29, 0.717) is 0 Å². The molecule has 0 bridgehead atoms. The molecule has 0 aliphatic carbocycles. The van der Waals surface area contributed by atoms with Gasteiger partial charge in [0.05, 0.1) is 0 Å². The van der Waals surface area contributed by atoms with Gasteiger partial charge in [0.2, 0.25) is 0 Å². The molecule has 0 spiro atoms. The van der Waals surface area contributed by atoms with Crippen LogP contribution in [-0.2, 0) is 4.79 Å². The third-order valence-corrected chi connectivity index (χ3v) is 1.87. The lowest BCUT2D eigenvalue weighted by atomic mass is 10.0. The quantitative estimate of drug-likeness (QED) is 0.722. The number of halogens is 1. The summed E-state index contributed by atoms with van der Waals surface area (Å²) in [5.41, 5.74) is 5.31. The maximum atomic E-state index is 12.7. The van der Waals surface area contributed by atoms with Crippen LogP contribution >= 0.6 is 0 Å². The van der Waals surface area contributed by atoms with Gasteiger partial charge >= 0.3 is 5.97 Å². The third-order valence-electron chi connectivity index (χ3n) is 1.87. The van der Waals surface area contributed by atoms with E-state index in [0.717, 1.165) is 6.07 Å². The van der Waals surface area contributed by atoms with Gasteiger partial charge in [-0.05, 0) is 12.1 Å². The molecule has 0 fully saturated rings. The number of hydrogen-bond acceptors (Lipinski definition) is 3. The Morgan fingerprint density at radius 3 is 2.67 bits per heavy atom. The van der Waals surface area contributed by atoms with E-state index in [9.17, 15) is 14.0 Å². The molecule has 4 nitrogen and oxygen atoms in total. The predicted molar refractivity (Wildman–Crippen MR) is 51.0 cm³/mol. The summed E-state index contributed by atoms with van der Waals surface area (Å²) < 4.78 is 12.7. The highest BCUT2D eigenvalue weighted by molar-refractivity contribution is 5.98. The Hall–Kier alpha value is -1.75. The Balaban J connectivity index is 2.73. The molecule has 0 aliphatic rings. The molecule has 0 unspecified atom stereocenters. The summed E-state index contributed by atoms with van der Waals surface area (Å²) in [6, 6.07) is 3.81. The van der Waals surface area contributed by atoms with Crippen molar-refractivity contribution in [1.82, 2.24) is 0 Å². The fourth-order valence-corrected chi connectivity index (χ4v) is 1.07. The molecule has 0 radical (unpaired) electrons. The molecule has 0 aliphatic heterocycles. The fourth-order valence-electron chi connectivity index (χ4n) is 1.07. The summed E-state index contributed by atoms with van der Waals surface area (Å²) in [7, 11) is 0. The van der Waals surface area contributed by atoms with E-state index in [-0.39, 0.29) is 12.0 Å². The van der Waals surface area contributed by atoms with E-state index in [4.69, 9.17) is 10.8 Å². The van der Waals surface area contributed by atoms with Crippen molar-refractivity contribution in [2.24, 2.45) is 5.73 Å². The molecule has 0 heterocycles. The Morgan fingerprint density at radius 2 is 2.13 bits per heavy atom. The second-order valence-electron chi connectivity index (χ2n) is 3.08. The normalized spacial score (nSPS) is 12.1. The van der Waals surface area contributed by atoms with Gasteiger partial charge in [-0.3, -0.25) is 9.59 Å². The highest BCUT2D eigenvalue weighted by Crippen LogP contribution is 2.07. The molecular formula is C10H10FNO3. The second-order valence-corrected chi connectivity index (χ2v) is 3.08. The molecule has 1 aromatic rings. The van der Waals surface area contributed by atoms with Crippen molar-refractivity contribution in [1.29, 1.82) is 0 Å². The molecule has 0 saturated carbocycles. The molecule has 0 amide bonds. The van der Waals surface area contributed by atoms with Gasteiger partial charge in [-0.1, -0.05) is 12.1 Å². The molecule has 1 atom stereocenters. The monoisotopic (exact) mass is 211 g/mol. The van der Waals surface area contributed by atoms with Gasteiger partial charge in [-0.25, -0.2) is 4.39 Å². The number of ketones is 1. The number of hydrogen-bond donors (Lipinski definition) is 2. The first-order valence-electron chi connectivity index (χ1n) is 4.28. The maximum Gasteiger partial charge on any atom is 0.320 e. The SMILES string of the molecule is N[C@H](CC(=O)c1cccc(F)c1)C(=O)O. The van der Waals surface area contributed by atoms with E-state index in [2.05, 4.69) is 0 Å². The van der Waals surface area contributed by atoms with Crippen LogP contribution in [0.4, 0.5) is 4.39 Å². The standard InChI is InChI=1S/C10H10FNO3/c11-7-3-1-2-6(4-7)9(13)5-8(12)10(14)15/h1-4,8H,5,12H2,(H,14,15)/t8-/m1/s1. The van der Waals surface area contributed by atoms with E-state index in [1.54, 1.807) is 0 Å². The number of Topliss-reactive ketones (excluding diaryl/α,β-unsaturated/α-hetero) is 1. The summed E-state index contributed by atoms with van der Waals surface area (Å²) in [6.07, 6.45) is -0.335. The van der Waals surface area contributed by atoms with Gasteiger partial charge in [-0.15, -0.1) is 0 Å². The van der Waals surface area contributed by atoms with Crippen molar-refractivity contribution in [3.8, 4) is 0 Å². The minimum atomic E-state index is -1.25. The second kappa shape index (κ2) is 4.65. The highest BCUT2D eigenvalue weighted by Gasteiger charge is 2.17. The largest absolute Gasteiger partial charge is 0.480 e. The zero-order chi connectivity index (χ0) is 11.4. The van der Waals surface area contributed by atoms with Crippen molar-refractivity contribution < 1.29 is 19.1 Å². The number of benzene rings is 1. The number of carboxylic acids is 1. The lowest BCUT2D eigenvalue weighted by Crippen LogP contribution is -2.32. The van der Waals surface area contributed by atoms with Crippen LogP contribution in [0.5, 0.6) is 0 Å². The van der Waals surface area contributed by atoms with Crippen molar-refractivity contribution in [3.63, 3.8) is 0 Å². The van der Waals surface area contributed by atoms with E-state index in [1.165, 1.54) is 18.2 Å². The summed E-state index contributed by atoms with van der Waals surface area (Å²) in [5, 5.41) is 8.48. The van der Waals surface area contributed by atoms with Gasteiger partial charge in [-0.2, -0.15) is 0 Å². The minimum absolute atomic E-state index is 0.131. The fraction of sp³-hybridized carbons (Fsp3) is 0.200. The first kappa shape index (κ1) is 11.3. The molecule has 3 N–H and O–H groups in total. The van der Waals surface area contributed by atoms with Crippen molar-refractivity contribution in [3.05, 3.63) is 35.6 Å². The first-order valence-corrected chi connectivity index (χ1v) is 4.28. The molecule has 0 saturated heterocycles. The molecule has 15 heavy (non-hydrogen) atoms. The van der Waals surface area contributed by atoms with Crippen molar-refractivity contribution in [2.45, 2.75) is 12.5 Å². The van der Waals surface area contributed by atoms with E-state index >= 15 is 0 Å². The van der Waals surface area contributed by atoms with Gasteiger partial charge in [0.1, 0.15) is 11.9 Å². The smallest absolute Gasteiger partial charge is 0.320 e. The van der Waals surface area contributed by atoms with Crippen LogP contribution < -0.4 is 5.73 Å². The molecule has 1 aromatic carbocycles. The Labute approximate surface area is 85.5 Å². The zero-order valence-electron chi connectivity index (χ0n) is 7.81. The van der Waals surface area contributed by atoms with E-state index in [1.807, 2.05) is 0 Å². The van der Waals surface area contributed by atoms with E-state index < -0.39 is 23.6 Å². The van der Waals surface area contributed by atoms with Crippen molar-refractivity contribution >= 4 is 11.8 Å². The number of carbonyl (C=O) groups is 2. The van der Waals surface area contributed by atoms with Gasteiger partial charge in [0.25, 0.3) is 0 Å². The molecule has 0 aromatic heterocycles. The Kier molecular flexibility index (Phi) is 3.51. The van der Waals surface area contributed by atoms with Crippen LogP contribution in [0, 0.1) is 5.82 Å². The van der Waals surface area contributed by atoms with Gasteiger partial charge in [0, 0.05) is 12.0 Å². The third kappa shape index (κ3) is 3.14. The van der Waals surface area contributed by atoms with Crippen LogP contribution in [0.3, 0.4) is 0 Å². The summed E-state index contributed by atoms with van der Waals surface area (Å²) >= 11 is 0. The number of aliphatic carboxylic acids is 1. The predicted octanol–water partition coefficient (Wildman–Crippen LogP) is 0.810. The summed E-state index contributed by atoms with van der Waals surface area (Å²) in [6.45, 7) is 0. The average Bonchev–Trinajstić information content (AvgIpc) is 2.17. The number of rotatable bonds is 4. The van der Waals surface area contributed by atoms with Crippen LogP contribution in [0.25, 0.3) is 0 Å². The Morgan fingerprint density at radius 1 is 1.47 bits per heavy atom. The summed E-state index contributed by atoms with van der Waals surface area (Å²) in [5.74, 6) is -2.27. The lowest BCUT2D eigenvalue weighted by molar-refractivity contribution is -0.138. The number of carboxylic acid groups (broad SMARTS) is 1. The molecule has 5 heteroatoms. The van der Waals surface area contributed by atoms with Gasteiger partial charge < -0.3 is 10.8 Å². The van der Waals surface area contributed by atoms with Gasteiger partial charge in [0.15, 0.2) is 5.78 Å². The Bertz CT molecular complexity index is 392. The molecule has 80 valence electrons. The number of carbonyl (C=O) groups excluding carboxylic acids is 1. The maximum absolute atomic E-state index is 12.7. The summed E-state index contributed by atoms with van der Waals surface area (Å²) in [4.78, 5) is 21.8. The van der Waals surface area contributed by atoms with Crippen LogP contribution in [0.15, 0.2) is 24.3 Å². The van der Waals surface area contributed by atoms with Crippen LogP contribution in [0.1, 0.15) is 16.8 Å².